The number of amides is 1. The van der Waals surface area contributed by atoms with Crippen molar-refractivity contribution in [2.75, 3.05) is 0 Å². The summed E-state index contributed by atoms with van der Waals surface area (Å²) >= 11 is 0. The number of aliphatic imine (C=N–C) groups is 1. The van der Waals surface area contributed by atoms with Crippen LogP contribution >= 0.6 is 0 Å². The summed E-state index contributed by atoms with van der Waals surface area (Å²) in [5.74, 6) is -1.93. The Hall–Kier alpha value is -0.990. The Balaban J connectivity index is 3.85. The minimum atomic E-state index is -1.02. The normalized spacial score (nSPS) is 9.75. The molecular formula is C5H6FNO. The van der Waals surface area contributed by atoms with Gasteiger partial charge in [0.1, 0.15) is 0 Å². The number of carbonyl (C=O) groups is 1. The van der Waals surface area contributed by atoms with Crippen molar-refractivity contribution in [3.05, 3.63) is 12.4 Å². The van der Waals surface area contributed by atoms with E-state index in [1.54, 1.807) is 0 Å². The van der Waals surface area contributed by atoms with E-state index in [0.717, 1.165) is 0 Å². The van der Waals surface area contributed by atoms with Gasteiger partial charge in [-0.25, -0.2) is 9.38 Å². The van der Waals surface area contributed by atoms with Crippen molar-refractivity contribution in [1.29, 1.82) is 0 Å². The van der Waals surface area contributed by atoms with E-state index in [1.807, 2.05) is 0 Å². The second kappa shape index (κ2) is 3.07. The van der Waals surface area contributed by atoms with Gasteiger partial charge in [0.15, 0.2) is 5.83 Å². The number of hydrogen-bond acceptors (Lipinski definition) is 1. The lowest BCUT2D eigenvalue weighted by atomic mass is 10.6. The van der Waals surface area contributed by atoms with Gasteiger partial charge in [0.05, 0.1) is 0 Å². The molecule has 44 valence electrons. The Bertz CT molecular complexity index is 139. The third-order valence-corrected chi connectivity index (χ3v) is 0.478. The average molecular weight is 115 g/mol. The summed E-state index contributed by atoms with van der Waals surface area (Å²) in [5.41, 5.74) is 0. The van der Waals surface area contributed by atoms with E-state index in [1.165, 1.54) is 13.1 Å². The molecule has 0 aliphatic carbocycles. The molecule has 3 heteroatoms. The lowest BCUT2D eigenvalue weighted by Crippen LogP contribution is -1.90. The summed E-state index contributed by atoms with van der Waals surface area (Å²) in [5, 5.41) is 0. The molecular weight excluding hydrogens is 109 g/mol. The van der Waals surface area contributed by atoms with Crippen LogP contribution in [-0.4, -0.2) is 12.1 Å². The minimum Gasteiger partial charge on any atom is -0.264 e. The third-order valence-electron chi connectivity index (χ3n) is 0.478. The smallest absolute Gasteiger partial charge is 0.264 e. The largest absolute Gasteiger partial charge is 0.304 e. The molecule has 0 fully saturated rings. The lowest BCUT2D eigenvalue weighted by Gasteiger charge is -1.80. The Labute approximate surface area is 46.7 Å². The van der Waals surface area contributed by atoms with Crippen LogP contribution in [0.4, 0.5) is 4.39 Å². The molecule has 0 radical (unpaired) electrons. The van der Waals surface area contributed by atoms with E-state index in [9.17, 15) is 9.18 Å². The fourth-order valence-electron chi connectivity index (χ4n) is 0.187. The first-order valence-corrected chi connectivity index (χ1v) is 2.06. The van der Waals surface area contributed by atoms with E-state index in [0.29, 0.717) is 0 Å². The lowest BCUT2D eigenvalue weighted by molar-refractivity contribution is -0.115. The number of carbonyl (C=O) groups excluding carboxylic acids is 1. The van der Waals surface area contributed by atoms with Crippen LogP contribution in [0.2, 0.25) is 0 Å². The molecule has 0 aromatic rings. The van der Waals surface area contributed by atoms with Crippen molar-refractivity contribution in [3.8, 4) is 0 Å². The minimum absolute atomic E-state index is 0.910. The maximum atomic E-state index is 11.6. The molecule has 0 rings (SSSR count). The van der Waals surface area contributed by atoms with Crippen LogP contribution in [-0.2, 0) is 4.79 Å². The van der Waals surface area contributed by atoms with Crippen LogP contribution in [0.3, 0.4) is 0 Å². The van der Waals surface area contributed by atoms with Gasteiger partial charge in [-0.2, -0.15) is 0 Å². The highest BCUT2D eigenvalue weighted by Crippen LogP contribution is 1.92. The zero-order valence-electron chi connectivity index (χ0n) is 4.52. The number of hydrogen-bond donors (Lipinski definition) is 0. The summed E-state index contributed by atoms with van der Waals surface area (Å²) in [6.07, 6.45) is 1.22. The first-order valence-electron chi connectivity index (χ1n) is 2.06. The highest BCUT2D eigenvalue weighted by Gasteiger charge is 1.98. The second-order valence-corrected chi connectivity index (χ2v) is 1.10. The van der Waals surface area contributed by atoms with Crippen molar-refractivity contribution in [2.45, 2.75) is 6.92 Å². The zero-order valence-corrected chi connectivity index (χ0v) is 4.52. The van der Waals surface area contributed by atoms with Crippen LogP contribution in [0.15, 0.2) is 17.4 Å². The average Bonchev–Trinajstić information content (AvgIpc) is 1.67. The van der Waals surface area contributed by atoms with Crippen LogP contribution < -0.4 is 0 Å². The summed E-state index contributed by atoms with van der Waals surface area (Å²) in [7, 11) is 0. The van der Waals surface area contributed by atoms with Crippen LogP contribution in [0.5, 0.6) is 0 Å². The monoisotopic (exact) mass is 115 g/mol. The van der Waals surface area contributed by atoms with Gasteiger partial charge in [0.2, 0.25) is 0 Å². The van der Waals surface area contributed by atoms with Crippen molar-refractivity contribution >= 4 is 12.1 Å². The summed E-state index contributed by atoms with van der Waals surface area (Å²) in [6.45, 7) is 4.27. The van der Waals surface area contributed by atoms with Gasteiger partial charge in [0.25, 0.3) is 0 Å². The molecule has 0 aliphatic rings. The molecule has 0 aliphatic heterocycles. The van der Waals surface area contributed by atoms with Gasteiger partial charge in [-0.15, -0.1) is 0 Å². The van der Waals surface area contributed by atoms with Gasteiger partial charge in [-0.1, -0.05) is 6.58 Å². The number of rotatable bonds is 1. The van der Waals surface area contributed by atoms with Gasteiger partial charge < -0.3 is 0 Å². The van der Waals surface area contributed by atoms with Gasteiger partial charge in [-0.3, -0.25) is 4.79 Å². The quantitative estimate of drug-likeness (QED) is 0.371. The molecule has 0 unspecified atom stereocenters. The molecule has 0 spiro atoms. The zero-order chi connectivity index (χ0) is 6.57. The predicted molar refractivity (Wildman–Crippen MR) is 29.4 cm³/mol. The predicted octanol–water partition coefficient (Wildman–Crippen LogP) is 1.09. The molecule has 2 nitrogen and oxygen atoms in total. The van der Waals surface area contributed by atoms with Crippen LogP contribution in [0.25, 0.3) is 0 Å². The Kier molecular flexibility index (Phi) is 2.69. The fraction of sp³-hybridized carbons (Fsp3) is 0.200. The van der Waals surface area contributed by atoms with Crippen LogP contribution in [0.1, 0.15) is 6.92 Å². The van der Waals surface area contributed by atoms with E-state index in [4.69, 9.17) is 0 Å². The highest BCUT2D eigenvalue weighted by atomic mass is 19.1. The van der Waals surface area contributed by atoms with Crippen molar-refractivity contribution in [2.24, 2.45) is 4.99 Å². The molecule has 0 heterocycles. The van der Waals surface area contributed by atoms with Crippen molar-refractivity contribution < 1.29 is 9.18 Å². The second-order valence-electron chi connectivity index (χ2n) is 1.10. The molecule has 0 atom stereocenters. The molecule has 8 heavy (non-hydrogen) atoms. The van der Waals surface area contributed by atoms with Gasteiger partial charge in [-0.05, 0) is 6.92 Å². The number of halogens is 1. The van der Waals surface area contributed by atoms with E-state index in [2.05, 4.69) is 11.6 Å². The van der Waals surface area contributed by atoms with Gasteiger partial charge >= 0.3 is 5.91 Å². The number of nitrogens with zero attached hydrogens (tertiary/aromatic N) is 1. The molecule has 0 aromatic heterocycles. The fourth-order valence-corrected chi connectivity index (χ4v) is 0.187. The molecule has 0 aromatic carbocycles. The van der Waals surface area contributed by atoms with E-state index < -0.39 is 11.7 Å². The van der Waals surface area contributed by atoms with Crippen molar-refractivity contribution in [1.82, 2.24) is 0 Å². The summed E-state index contributed by atoms with van der Waals surface area (Å²) in [6, 6.07) is 0. The summed E-state index contributed by atoms with van der Waals surface area (Å²) < 4.78 is 11.6. The Morgan fingerprint density at radius 3 is 2.50 bits per heavy atom. The first kappa shape index (κ1) is 7.01. The Morgan fingerprint density at radius 2 is 2.38 bits per heavy atom. The standard InChI is InChI=1S/C5H6FNO/c1-3-7-5(8)4(2)6/h3H,2H2,1H3. The summed E-state index contributed by atoms with van der Waals surface area (Å²) in [4.78, 5) is 13.2. The maximum absolute atomic E-state index is 11.6. The SMILES string of the molecule is C=C(F)C(=O)N=CC. The molecule has 0 bridgehead atoms. The maximum Gasteiger partial charge on any atom is 0.304 e. The third kappa shape index (κ3) is 2.23. The molecule has 0 saturated carbocycles. The topological polar surface area (TPSA) is 29.4 Å². The Morgan fingerprint density at radius 1 is 1.88 bits per heavy atom. The van der Waals surface area contributed by atoms with Crippen molar-refractivity contribution in [3.63, 3.8) is 0 Å². The van der Waals surface area contributed by atoms with E-state index in [-0.39, 0.29) is 0 Å². The first-order chi connectivity index (χ1) is 3.68. The van der Waals surface area contributed by atoms with Gasteiger partial charge in [0, 0.05) is 6.21 Å². The highest BCUT2D eigenvalue weighted by molar-refractivity contribution is 5.95. The molecule has 1 amide bonds. The van der Waals surface area contributed by atoms with Crippen LogP contribution in [0, 0.1) is 0 Å². The molecule has 0 saturated heterocycles. The van der Waals surface area contributed by atoms with E-state index >= 15 is 0 Å². The molecule has 0 N–H and O–H groups in total.